The van der Waals surface area contributed by atoms with Crippen molar-refractivity contribution in [3.8, 4) is 0 Å². The van der Waals surface area contributed by atoms with E-state index in [4.69, 9.17) is 4.42 Å². The van der Waals surface area contributed by atoms with Crippen molar-refractivity contribution in [1.29, 1.82) is 0 Å². The number of aryl methyl sites for hydroxylation is 1. The topological polar surface area (TPSA) is 26.0 Å². The van der Waals surface area contributed by atoms with Crippen LogP contribution >= 0.6 is 0 Å². The molecule has 2 nitrogen and oxygen atoms in total. The van der Waals surface area contributed by atoms with Crippen molar-refractivity contribution in [1.82, 2.24) is 4.98 Å². The first-order chi connectivity index (χ1) is 5.77. The molecule has 0 bridgehead atoms. The molecule has 0 aliphatic rings. The molecule has 0 saturated heterocycles. The highest BCUT2D eigenvalue weighted by Gasteiger charge is 2.01. The molecule has 12 heavy (non-hydrogen) atoms. The van der Waals surface area contributed by atoms with E-state index in [1.54, 1.807) is 6.08 Å². The molecule has 0 spiro atoms. The second-order valence-electron chi connectivity index (χ2n) is 2.61. The van der Waals surface area contributed by atoms with Gasteiger partial charge in [0.1, 0.15) is 0 Å². The zero-order chi connectivity index (χ0) is 8.97. The molecule has 1 heterocycles. The molecular formula is C10H13NO. The number of allylic oxidation sites excluding steroid dienone is 2. The molecular weight excluding hydrogens is 150 g/mol. The van der Waals surface area contributed by atoms with Crippen molar-refractivity contribution in [3.05, 3.63) is 36.1 Å². The van der Waals surface area contributed by atoms with Crippen LogP contribution in [0.5, 0.6) is 0 Å². The van der Waals surface area contributed by atoms with Gasteiger partial charge in [-0.3, -0.25) is 0 Å². The SMILES string of the molecule is C=C/C(C)=C\c1ocnc1CC. The van der Waals surface area contributed by atoms with Crippen molar-refractivity contribution in [2.45, 2.75) is 20.3 Å². The van der Waals surface area contributed by atoms with Gasteiger partial charge in [-0.25, -0.2) is 4.98 Å². The number of oxazole rings is 1. The van der Waals surface area contributed by atoms with Gasteiger partial charge in [-0.05, 0) is 25.0 Å². The molecule has 1 aromatic heterocycles. The summed E-state index contributed by atoms with van der Waals surface area (Å²) in [4.78, 5) is 4.08. The lowest BCUT2D eigenvalue weighted by atomic mass is 10.2. The van der Waals surface area contributed by atoms with Gasteiger partial charge < -0.3 is 4.42 Å². The summed E-state index contributed by atoms with van der Waals surface area (Å²) in [6, 6.07) is 0. The summed E-state index contributed by atoms with van der Waals surface area (Å²) in [5, 5.41) is 0. The molecule has 0 unspecified atom stereocenters. The Kier molecular flexibility index (Phi) is 2.86. The van der Waals surface area contributed by atoms with Crippen molar-refractivity contribution < 1.29 is 4.42 Å². The Balaban J connectivity index is 2.94. The second kappa shape index (κ2) is 3.90. The van der Waals surface area contributed by atoms with Gasteiger partial charge in [-0.15, -0.1) is 0 Å². The minimum Gasteiger partial charge on any atom is -0.444 e. The average molecular weight is 163 g/mol. The van der Waals surface area contributed by atoms with Crippen LogP contribution in [0.25, 0.3) is 6.08 Å². The average Bonchev–Trinajstić information content (AvgIpc) is 2.51. The monoisotopic (exact) mass is 163 g/mol. The van der Waals surface area contributed by atoms with Gasteiger partial charge in [0.05, 0.1) is 5.69 Å². The third-order valence-electron chi connectivity index (χ3n) is 1.69. The molecule has 1 aromatic rings. The molecule has 0 atom stereocenters. The van der Waals surface area contributed by atoms with E-state index in [0.29, 0.717) is 0 Å². The fraction of sp³-hybridized carbons (Fsp3) is 0.300. The molecule has 0 saturated carbocycles. The van der Waals surface area contributed by atoms with E-state index in [2.05, 4.69) is 18.5 Å². The van der Waals surface area contributed by atoms with Crippen LogP contribution in [0.1, 0.15) is 25.3 Å². The maximum absolute atomic E-state index is 5.19. The van der Waals surface area contributed by atoms with Gasteiger partial charge >= 0.3 is 0 Å². The van der Waals surface area contributed by atoms with E-state index < -0.39 is 0 Å². The van der Waals surface area contributed by atoms with Crippen molar-refractivity contribution in [3.63, 3.8) is 0 Å². The molecule has 0 aliphatic heterocycles. The Morgan fingerprint density at radius 1 is 1.75 bits per heavy atom. The molecule has 0 N–H and O–H groups in total. The van der Waals surface area contributed by atoms with Gasteiger partial charge in [0.25, 0.3) is 0 Å². The molecule has 64 valence electrons. The first kappa shape index (κ1) is 8.78. The maximum atomic E-state index is 5.19. The zero-order valence-electron chi connectivity index (χ0n) is 7.50. The summed E-state index contributed by atoms with van der Waals surface area (Å²) in [5.74, 6) is 0.843. The minimum absolute atomic E-state index is 0.843. The molecule has 0 amide bonds. The Hall–Kier alpha value is -1.31. The first-order valence-electron chi connectivity index (χ1n) is 4.01. The Morgan fingerprint density at radius 2 is 2.50 bits per heavy atom. The molecule has 0 radical (unpaired) electrons. The summed E-state index contributed by atoms with van der Waals surface area (Å²) in [7, 11) is 0. The third kappa shape index (κ3) is 1.84. The highest BCUT2D eigenvalue weighted by Crippen LogP contribution is 2.12. The fourth-order valence-corrected chi connectivity index (χ4v) is 0.927. The summed E-state index contributed by atoms with van der Waals surface area (Å²) in [6.07, 6.45) is 6.11. The number of rotatable bonds is 3. The van der Waals surface area contributed by atoms with Crippen LogP contribution in [0.3, 0.4) is 0 Å². The molecule has 0 aliphatic carbocycles. The molecule has 2 heteroatoms. The lowest BCUT2D eigenvalue weighted by Gasteiger charge is -1.91. The fourth-order valence-electron chi connectivity index (χ4n) is 0.927. The predicted molar refractivity (Wildman–Crippen MR) is 49.7 cm³/mol. The largest absolute Gasteiger partial charge is 0.444 e. The number of hydrogen-bond donors (Lipinski definition) is 0. The lowest BCUT2D eigenvalue weighted by molar-refractivity contribution is 0.546. The minimum atomic E-state index is 0.843. The van der Waals surface area contributed by atoms with Crippen molar-refractivity contribution >= 4 is 6.08 Å². The summed E-state index contributed by atoms with van der Waals surface area (Å²) >= 11 is 0. The Morgan fingerprint density at radius 3 is 3.08 bits per heavy atom. The third-order valence-corrected chi connectivity index (χ3v) is 1.69. The number of hydrogen-bond acceptors (Lipinski definition) is 2. The van der Waals surface area contributed by atoms with E-state index in [1.807, 2.05) is 13.0 Å². The van der Waals surface area contributed by atoms with Crippen molar-refractivity contribution in [2.24, 2.45) is 0 Å². The smallest absolute Gasteiger partial charge is 0.181 e. The van der Waals surface area contributed by atoms with Crippen LogP contribution in [-0.4, -0.2) is 4.98 Å². The van der Waals surface area contributed by atoms with Gasteiger partial charge in [-0.1, -0.05) is 19.6 Å². The van der Waals surface area contributed by atoms with Crippen LogP contribution in [0.15, 0.2) is 29.0 Å². The maximum Gasteiger partial charge on any atom is 0.181 e. The van der Waals surface area contributed by atoms with Gasteiger partial charge in [0.15, 0.2) is 12.2 Å². The van der Waals surface area contributed by atoms with E-state index in [0.717, 1.165) is 23.4 Å². The van der Waals surface area contributed by atoms with Gasteiger partial charge in [-0.2, -0.15) is 0 Å². The Labute approximate surface area is 72.6 Å². The normalized spacial score (nSPS) is 11.7. The summed E-state index contributed by atoms with van der Waals surface area (Å²) in [5.41, 5.74) is 2.08. The van der Waals surface area contributed by atoms with E-state index in [1.165, 1.54) is 6.39 Å². The van der Waals surface area contributed by atoms with Gasteiger partial charge in [0.2, 0.25) is 0 Å². The van der Waals surface area contributed by atoms with Crippen LogP contribution in [0.4, 0.5) is 0 Å². The van der Waals surface area contributed by atoms with Crippen LogP contribution in [-0.2, 0) is 6.42 Å². The van der Waals surface area contributed by atoms with E-state index >= 15 is 0 Å². The number of nitrogens with zero attached hydrogens (tertiary/aromatic N) is 1. The molecule has 1 rings (SSSR count). The van der Waals surface area contributed by atoms with Crippen LogP contribution in [0.2, 0.25) is 0 Å². The van der Waals surface area contributed by atoms with Crippen molar-refractivity contribution in [2.75, 3.05) is 0 Å². The Bertz CT molecular complexity index is 297. The predicted octanol–water partition coefficient (Wildman–Crippen LogP) is 2.83. The van der Waals surface area contributed by atoms with Gasteiger partial charge in [0, 0.05) is 0 Å². The standard InChI is InChI=1S/C10H13NO/c1-4-8(3)6-10-9(5-2)11-7-12-10/h4,6-7H,1,5H2,2-3H3/b8-6-. The van der Waals surface area contributed by atoms with E-state index in [-0.39, 0.29) is 0 Å². The first-order valence-corrected chi connectivity index (χ1v) is 4.01. The zero-order valence-corrected chi connectivity index (χ0v) is 7.50. The lowest BCUT2D eigenvalue weighted by Crippen LogP contribution is -1.82. The van der Waals surface area contributed by atoms with Crippen LogP contribution in [0, 0.1) is 0 Å². The summed E-state index contributed by atoms with van der Waals surface area (Å²) in [6.45, 7) is 7.70. The molecule has 0 fully saturated rings. The molecule has 0 aromatic carbocycles. The summed E-state index contributed by atoms with van der Waals surface area (Å²) < 4.78 is 5.19. The second-order valence-corrected chi connectivity index (χ2v) is 2.61. The highest BCUT2D eigenvalue weighted by molar-refractivity contribution is 5.51. The quantitative estimate of drug-likeness (QED) is 0.640. The van der Waals surface area contributed by atoms with E-state index in [9.17, 15) is 0 Å². The highest BCUT2D eigenvalue weighted by atomic mass is 16.3. The van der Waals surface area contributed by atoms with Crippen LogP contribution < -0.4 is 0 Å². The number of aromatic nitrogens is 1.